The molecule has 1 aliphatic rings. The highest BCUT2D eigenvalue weighted by Crippen LogP contribution is 2.13. The zero-order chi connectivity index (χ0) is 16.4. The predicted molar refractivity (Wildman–Crippen MR) is 84.7 cm³/mol. The van der Waals surface area contributed by atoms with Gasteiger partial charge in [0.1, 0.15) is 17.8 Å². The number of nitrogens with zero attached hydrogens (tertiary/aromatic N) is 6. The molecule has 0 aromatic carbocycles. The van der Waals surface area contributed by atoms with Gasteiger partial charge in [-0.1, -0.05) is 0 Å². The number of piperidine rings is 1. The second kappa shape index (κ2) is 6.49. The molecule has 1 saturated heterocycles. The maximum atomic E-state index is 12.3. The van der Waals surface area contributed by atoms with Gasteiger partial charge in [0.25, 0.3) is 5.91 Å². The van der Waals surface area contributed by atoms with Crippen molar-refractivity contribution in [2.24, 2.45) is 14.1 Å². The summed E-state index contributed by atoms with van der Waals surface area (Å²) in [6.45, 7) is 4.53. The SMILES string of the molecule is Cc1cc(C(=O)NC2CCCN(Cc3nncn3C)C2)nn1C. The molecule has 0 saturated carbocycles. The third-order valence-electron chi connectivity index (χ3n) is 4.36. The van der Waals surface area contributed by atoms with Crippen LogP contribution in [0.15, 0.2) is 12.4 Å². The molecule has 1 atom stereocenters. The first-order valence-corrected chi connectivity index (χ1v) is 7.89. The van der Waals surface area contributed by atoms with E-state index >= 15 is 0 Å². The Labute approximate surface area is 135 Å². The van der Waals surface area contributed by atoms with Gasteiger partial charge in [-0.05, 0) is 32.4 Å². The normalized spacial score (nSPS) is 19.0. The van der Waals surface area contributed by atoms with Crippen LogP contribution in [0, 0.1) is 6.92 Å². The number of hydrogen-bond donors (Lipinski definition) is 1. The Morgan fingerprint density at radius 1 is 1.43 bits per heavy atom. The zero-order valence-corrected chi connectivity index (χ0v) is 13.9. The third-order valence-corrected chi connectivity index (χ3v) is 4.36. The van der Waals surface area contributed by atoms with E-state index in [4.69, 9.17) is 0 Å². The highest BCUT2D eigenvalue weighted by atomic mass is 16.2. The highest BCUT2D eigenvalue weighted by Gasteiger charge is 2.23. The molecule has 124 valence electrons. The van der Waals surface area contributed by atoms with Crippen molar-refractivity contribution in [3.63, 3.8) is 0 Å². The van der Waals surface area contributed by atoms with Crippen molar-refractivity contribution >= 4 is 5.91 Å². The summed E-state index contributed by atoms with van der Waals surface area (Å²) in [5.74, 6) is 0.844. The lowest BCUT2D eigenvalue weighted by atomic mass is 10.1. The maximum absolute atomic E-state index is 12.3. The minimum atomic E-state index is -0.0980. The van der Waals surface area contributed by atoms with Crippen LogP contribution in [0.1, 0.15) is 34.8 Å². The number of likely N-dealkylation sites (tertiary alicyclic amines) is 1. The van der Waals surface area contributed by atoms with E-state index in [1.807, 2.05) is 31.7 Å². The number of nitrogens with one attached hydrogen (secondary N) is 1. The summed E-state index contributed by atoms with van der Waals surface area (Å²) >= 11 is 0. The van der Waals surface area contributed by atoms with Crippen molar-refractivity contribution in [1.29, 1.82) is 0 Å². The first-order chi connectivity index (χ1) is 11.0. The lowest BCUT2D eigenvalue weighted by molar-refractivity contribution is 0.0893. The Morgan fingerprint density at radius 3 is 2.91 bits per heavy atom. The molecule has 3 rings (SSSR count). The lowest BCUT2D eigenvalue weighted by Gasteiger charge is -2.32. The first-order valence-electron chi connectivity index (χ1n) is 7.89. The van der Waals surface area contributed by atoms with E-state index in [0.717, 1.165) is 44.0 Å². The number of hydrogen-bond acceptors (Lipinski definition) is 5. The monoisotopic (exact) mass is 317 g/mol. The molecule has 2 aromatic heterocycles. The minimum absolute atomic E-state index is 0.0980. The van der Waals surface area contributed by atoms with Gasteiger partial charge in [-0.3, -0.25) is 14.4 Å². The van der Waals surface area contributed by atoms with Crippen molar-refractivity contribution < 1.29 is 4.79 Å². The van der Waals surface area contributed by atoms with Gasteiger partial charge >= 0.3 is 0 Å². The van der Waals surface area contributed by atoms with Gasteiger partial charge < -0.3 is 9.88 Å². The second-order valence-corrected chi connectivity index (χ2v) is 6.20. The fraction of sp³-hybridized carbons (Fsp3) is 0.600. The van der Waals surface area contributed by atoms with E-state index in [2.05, 4.69) is 25.5 Å². The fourth-order valence-electron chi connectivity index (χ4n) is 2.90. The Balaban J connectivity index is 1.58. The lowest BCUT2D eigenvalue weighted by Crippen LogP contribution is -2.47. The molecule has 0 aliphatic carbocycles. The fourth-order valence-corrected chi connectivity index (χ4v) is 2.90. The van der Waals surface area contributed by atoms with Crippen LogP contribution in [-0.2, 0) is 20.6 Å². The number of carbonyl (C=O) groups excluding carboxylic acids is 1. The molecule has 1 aliphatic heterocycles. The molecule has 1 N–H and O–H groups in total. The van der Waals surface area contributed by atoms with Crippen molar-refractivity contribution in [3.8, 4) is 0 Å². The number of amides is 1. The van der Waals surface area contributed by atoms with Gasteiger partial charge in [0.15, 0.2) is 0 Å². The summed E-state index contributed by atoms with van der Waals surface area (Å²) in [6, 6.07) is 1.96. The molecule has 1 amide bonds. The van der Waals surface area contributed by atoms with Crippen molar-refractivity contribution in [2.45, 2.75) is 32.4 Å². The van der Waals surface area contributed by atoms with Gasteiger partial charge in [0, 0.05) is 32.4 Å². The molecule has 2 aromatic rings. The Kier molecular flexibility index (Phi) is 4.42. The average Bonchev–Trinajstić information content (AvgIpc) is 3.06. The number of aryl methyl sites for hydroxylation is 3. The smallest absolute Gasteiger partial charge is 0.272 e. The Morgan fingerprint density at radius 2 is 2.26 bits per heavy atom. The molecule has 1 fully saturated rings. The molecule has 0 radical (unpaired) electrons. The van der Waals surface area contributed by atoms with E-state index in [0.29, 0.717) is 5.69 Å². The van der Waals surface area contributed by atoms with E-state index in [9.17, 15) is 4.79 Å². The highest BCUT2D eigenvalue weighted by molar-refractivity contribution is 5.92. The summed E-state index contributed by atoms with van der Waals surface area (Å²) < 4.78 is 3.65. The van der Waals surface area contributed by atoms with Crippen molar-refractivity contribution in [1.82, 2.24) is 34.8 Å². The summed E-state index contributed by atoms with van der Waals surface area (Å²) in [5.41, 5.74) is 1.46. The van der Waals surface area contributed by atoms with Crippen LogP contribution in [-0.4, -0.2) is 54.5 Å². The van der Waals surface area contributed by atoms with Gasteiger partial charge in [0.2, 0.25) is 0 Å². The van der Waals surface area contributed by atoms with Crippen molar-refractivity contribution in [2.75, 3.05) is 13.1 Å². The average molecular weight is 317 g/mol. The van der Waals surface area contributed by atoms with Gasteiger partial charge in [-0.25, -0.2) is 0 Å². The van der Waals surface area contributed by atoms with Crippen LogP contribution >= 0.6 is 0 Å². The summed E-state index contributed by atoms with van der Waals surface area (Å²) in [5, 5.41) is 15.4. The molecule has 1 unspecified atom stereocenters. The largest absolute Gasteiger partial charge is 0.347 e. The van der Waals surface area contributed by atoms with Crippen molar-refractivity contribution in [3.05, 3.63) is 29.6 Å². The van der Waals surface area contributed by atoms with E-state index in [-0.39, 0.29) is 11.9 Å². The molecule has 8 heteroatoms. The predicted octanol–water partition coefficient (Wildman–Crippen LogP) is 0.251. The number of rotatable bonds is 4. The Hall–Kier alpha value is -2.22. The molecule has 3 heterocycles. The molecular weight excluding hydrogens is 294 g/mol. The quantitative estimate of drug-likeness (QED) is 0.874. The number of carbonyl (C=O) groups is 1. The van der Waals surface area contributed by atoms with Gasteiger partial charge in [-0.15, -0.1) is 10.2 Å². The van der Waals surface area contributed by atoms with Gasteiger partial charge in [-0.2, -0.15) is 5.10 Å². The molecule has 0 spiro atoms. The second-order valence-electron chi connectivity index (χ2n) is 6.20. The molecule has 0 bridgehead atoms. The van der Waals surface area contributed by atoms with Crippen LogP contribution in [0.3, 0.4) is 0 Å². The summed E-state index contributed by atoms with van der Waals surface area (Å²) in [6.07, 6.45) is 3.76. The Bertz CT molecular complexity index is 670. The summed E-state index contributed by atoms with van der Waals surface area (Å²) in [7, 11) is 3.79. The number of aromatic nitrogens is 5. The zero-order valence-electron chi connectivity index (χ0n) is 13.9. The van der Waals surface area contributed by atoms with E-state index < -0.39 is 0 Å². The first kappa shape index (κ1) is 15.7. The van der Waals surface area contributed by atoms with E-state index in [1.54, 1.807) is 11.0 Å². The van der Waals surface area contributed by atoms with Gasteiger partial charge in [0.05, 0.1) is 6.54 Å². The molecule has 23 heavy (non-hydrogen) atoms. The minimum Gasteiger partial charge on any atom is -0.347 e. The van der Waals surface area contributed by atoms with Crippen LogP contribution in [0.4, 0.5) is 0 Å². The van der Waals surface area contributed by atoms with Crippen LogP contribution in [0.2, 0.25) is 0 Å². The maximum Gasteiger partial charge on any atom is 0.272 e. The summed E-state index contributed by atoms with van der Waals surface area (Å²) in [4.78, 5) is 14.6. The topological polar surface area (TPSA) is 80.9 Å². The molecule has 8 nitrogen and oxygen atoms in total. The molecular formula is C15H23N7O. The third kappa shape index (κ3) is 3.58. The van der Waals surface area contributed by atoms with Crippen LogP contribution < -0.4 is 5.32 Å². The van der Waals surface area contributed by atoms with E-state index in [1.165, 1.54) is 0 Å². The van der Waals surface area contributed by atoms with Crippen LogP contribution in [0.5, 0.6) is 0 Å². The standard InChI is InChI=1S/C15H23N7O/c1-11-7-13(19-21(11)3)15(23)17-12-5-4-6-22(8-12)9-14-18-16-10-20(14)2/h7,10,12H,4-6,8-9H2,1-3H3,(H,17,23). The van der Waals surface area contributed by atoms with Crippen LogP contribution in [0.25, 0.3) is 0 Å².